The van der Waals surface area contributed by atoms with Gasteiger partial charge in [0.2, 0.25) is 0 Å². The molecule has 2 aliphatic rings. The van der Waals surface area contributed by atoms with Crippen LogP contribution in [0.1, 0.15) is 43.6 Å². The summed E-state index contributed by atoms with van der Waals surface area (Å²) >= 11 is 3.84. The van der Waals surface area contributed by atoms with E-state index in [-0.39, 0.29) is 0 Å². The number of hydrogen-bond donors (Lipinski definition) is 0. The molecule has 0 bridgehead atoms. The molecule has 0 N–H and O–H groups in total. The zero-order valence-electron chi connectivity index (χ0n) is 9.61. The Kier molecular flexibility index (Phi) is 3.06. The van der Waals surface area contributed by atoms with Crippen molar-refractivity contribution in [2.45, 2.75) is 42.8 Å². The fourth-order valence-electron chi connectivity index (χ4n) is 2.74. The van der Waals surface area contributed by atoms with Gasteiger partial charge in [-0.3, -0.25) is 0 Å². The van der Waals surface area contributed by atoms with Crippen molar-refractivity contribution in [2.24, 2.45) is 11.8 Å². The largest absolute Gasteiger partial charge is 0.0888 e. The number of halogens is 1. The second-order valence-corrected chi connectivity index (χ2v) is 6.62. The van der Waals surface area contributed by atoms with E-state index >= 15 is 0 Å². The third-order valence-electron chi connectivity index (χ3n) is 4.10. The van der Waals surface area contributed by atoms with Crippen molar-refractivity contribution in [3.8, 4) is 0 Å². The van der Waals surface area contributed by atoms with Crippen LogP contribution in [0.3, 0.4) is 0 Å². The van der Waals surface area contributed by atoms with Crippen LogP contribution >= 0.6 is 15.9 Å². The van der Waals surface area contributed by atoms with Gasteiger partial charge in [0.25, 0.3) is 0 Å². The minimum Gasteiger partial charge on any atom is -0.0888 e. The van der Waals surface area contributed by atoms with Crippen LogP contribution in [0.25, 0.3) is 0 Å². The van der Waals surface area contributed by atoms with Crippen molar-refractivity contribution < 1.29 is 0 Å². The van der Waals surface area contributed by atoms with E-state index in [0.717, 1.165) is 22.6 Å². The van der Waals surface area contributed by atoms with Crippen LogP contribution in [0.5, 0.6) is 0 Å². The molecule has 0 aromatic heterocycles. The van der Waals surface area contributed by atoms with Gasteiger partial charge >= 0.3 is 0 Å². The lowest BCUT2D eigenvalue weighted by Crippen LogP contribution is -2.00. The highest BCUT2D eigenvalue weighted by Gasteiger charge is 2.39. The van der Waals surface area contributed by atoms with Crippen molar-refractivity contribution in [3.63, 3.8) is 0 Å². The van der Waals surface area contributed by atoms with E-state index in [0.29, 0.717) is 0 Å². The molecule has 0 nitrogen and oxygen atoms in total. The molecular formula is C15H19Br. The van der Waals surface area contributed by atoms with Gasteiger partial charge in [-0.1, -0.05) is 46.3 Å². The average Bonchev–Trinajstić information content (AvgIpc) is 3.18. The summed E-state index contributed by atoms with van der Waals surface area (Å²) in [5, 5.41) is 0. The van der Waals surface area contributed by atoms with Crippen molar-refractivity contribution >= 4 is 15.9 Å². The Bertz CT molecular complexity index is 342. The zero-order valence-corrected chi connectivity index (χ0v) is 11.2. The Labute approximate surface area is 107 Å². The van der Waals surface area contributed by atoms with E-state index < -0.39 is 0 Å². The number of alkyl halides is 1. The molecule has 2 aliphatic carbocycles. The summed E-state index contributed by atoms with van der Waals surface area (Å²) in [5.41, 5.74) is 1.56. The lowest BCUT2D eigenvalue weighted by atomic mass is 10.1. The van der Waals surface area contributed by atoms with E-state index in [2.05, 4.69) is 46.3 Å². The van der Waals surface area contributed by atoms with Crippen LogP contribution in [0.2, 0.25) is 0 Å². The molecule has 0 aliphatic heterocycles. The van der Waals surface area contributed by atoms with Crippen molar-refractivity contribution in [1.82, 2.24) is 0 Å². The Morgan fingerprint density at radius 1 is 1.19 bits per heavy atom. The van der Waals surface area contributed by atoms with Gasteiger partial charge in [0.1, 0.15) is 0 Å². The maximum Gasteiger partial charge on any atom is 0.0174 e. The summed E-state index contributed by atoms with van der Waals surface area (Å²) in [5.74, 6) is 2.86. The zero-order chi connectivity index (χ0) is 11.0. The highest BCUT2D eigenvalue weighted by atomic mass is 79.9. The van der Waals surface area contributed by atoms with Crippen LogP contribution in [-0.4, -0.2) is 4.83 Å². The number of rotatable bonds is 5. The summed E-state index contributed by atoms with van der Waals surface area (Å²) in [4.78, 5) is 0.810. The fraction of sp³-hybridized carbons (Fsp3) is 0.600. The van der Waals surface area contributed by atoms with Crippen molar-refractivity contribution in [1.29, 1.82) is 0 Å². The predicted molar refractivity (Wildman–Crippen MR) is 72.0 cm³/mol. The Morgan fingerprint density at radius 3 is 2.62 bits per heavy atom. The summed E-state index contributed by atoms with van der Waals surface area (Å²) < 4.78 is 0. The molecule has 2 fully saturated rings. The van der Waals surface area contributed by atoms with Crippen LogP contribution in [0.15, 0.2) is 30.3 Å². The molecule has 1 aromatic rings. The first-order chi connectivity index (χ1) is 7.84. The van der Waals surface area contributed by atoms with E-state index in [9.17, 15) is 0 Å². The van der Waals surface area contributed by atoms with Crippen molar-refractivity contribution in [3.05, 3.63) is 35.9 Å². The molecule has 3 unspecified atom stereocenters. The molecule has 0 spiro atoms. The topological polar surface area (TPSA) is 0 Å². The standard InChI is InChI=1S/C15H19Br/c16-15(12-6-7-12)9-8-13-10-14(13)11-4-2-1-3-5-11/h1-5,12-15H,6-10H2. The minimum atomic E-state index is 0.810. The van der Waals surface area contributed by atoms with Gasteiger partial charge in [-0.05, 0) is 55.4 Å². The first-order valence-electron chi connectivity index (χ1n) is 6.53. The highest BCUT2D eigenvalue weighted by Crippen LogP contribution is 2.51. The molecule has 3 rings (SSSR count). The smallest absolute Gasteiger partial charge is 0.0174 e. The molecule has 2 saturated carbocycles. The maximum absolute atomic E-state index is 3.84. The molecular weight excluding hydrogens is 260 g/mol. The second-order valence-electron chi connectivity index (χ2n) is 5.44. The normalized spacial score (nSPS) is 30.1. The Morgan fingerprint density at radius 2 is 1.94 bits per heavy atom. The van der Waals surface area contributed by atoms with E-state index in [4.69, 9.17) is 0 Å². The molecule has 0 heterocycles. The molecule has 0 saturated heterocycles. The molecule has 1 aromatic carbocycles. The van der Waals surface area contributed by atoms with Crippen molar-refractivity contribution in [2.75, 3.05) is 0 Å². The van der Waals surface area contributed by atoms with Gasteiger partial charge in [-0.2, -0.15) is 0 Å². The molecule has 1 heteroatoms. The summed E-state index contributed by atoms with van der Waals surface area (Å²) in [7, 11) is 0. The van der Waals surface area contributed by atoms with Gasteiger partial charge < -0.3 is 0 Å². The fourth-order valence-corrected chi connectivity index (χ4v) is 3.54. The van der Waals surface area contributed by atoms with Crippen LogP contribution in [0.4, 0.5) is 0 Å². The van der Waals surface area contributed by atoms with Gasteiger partial charge in [-0.15, -0.1) is 0 Å². The molecule has 0 amide bonds. The lowest BCUT2D eigenvalue weighted by Gasteiger charge is -2.07. The van der Waals surface area contributed by atoms with Gasteiger partial charge in [0.15, 0.2) is 0 Å². The average molecular weight is 279 g/mol. The SMILES string of the molecule is BrC(CCC1CC1c1ccccc1)C1CC1. The maximum atomic E-state index is 3.84. The summed E-state index contributed by atoms with van der Waals surface area (Å²) in [6, 6.07) is 11.0. The summed E-state index contributed by atoms with van der Waals surface area (Å²) in [6.07, 6.45) is 7.16. The lowest BCUT2D eigenvalue weighted by molar-refractivity contribution is 0.603. The Balaban J connectivity index is 1.45. The molecule has 86 valence electrons. The van der Waals surface area contributed by atoms with Crippen LogP contribution in [0, 0.1) is 11.8 Å². The molecule has 16 heavy (non-hydrogen) atoms. The van der Waals surface area contributed by atoms with Crippen LogP contribution in [-0.2, 0) is 0 Å². The van der Waals surface area contributed by atoms with Gasteiger partial charge in [0.05, 0.1) is 0 Å². The Hall–Kier alpha value is -0.300. The molecule has 3 atom stereocenters. The third kappa shape index (κ3) is 2.51. The number of benzene rings is 1. The summed E-state index contributed by atoms with van der Waals surface area (Å²) in [6.45, 7) is 0. The minimum absolute atomic E-state index is 0.810. The van der Waals surface area contributed by atoms with E-state index in [1.807, 2.05) is 0 Å². The monoisotopic (exact) mass is 278 g/mol. The first kappa shape index (κ1) is 10.8. The quantitative estimate of drug-likeness (QED) is 0.683. The van der Waals surface area contributed by atoms with E-state index in [1.54, 1.807) is 5.56 Å². The van der Waals surface area contributed by atoms with Gasteiger partial charge in [-0.25, -0.2) is 0 Å². The first-order valence-corrected chi connectivity index (χ1v) is 7.45. The van der Waals surface area contributed by atoms with Crippen LogP contribution < -0.4 is 0 Å². The third-order valence-corrected chi connectivity index (χ3v) is 5.30. The van der Waals surface area contributed by atoms with E-state index in [1.165, 1.54) is 32.1 Å². The highest BCUT2D eigenvalue weighted by molar-refractivity contribution is 9.09. The second kappa shape index (κ2) is 4.52. The van der Waals surface area contributed by atoms with Gasteiger partial charge in [0, 0.05) is 4.83 Å². The molecule has 0 radical (unpaired) electrons. The predicted octanol–water partition coefficient (Wildman–Crippen LogP) is 4.74. The number of hydrogen-bond acceptors (Lipinski definition) is 0.